The third-order valence-corrected chi connectivity index (χ3v) is 5.09. The summed E-state index contributed by atoms with van der Waals surface area (Å²) < 4.78 is 46.3. The summed E-state index contributed by atoms with van der Waals surface area (Å²) in [6, 6.07) is 8.17. The van der Waals surface area contributed by atoms with Crippen molar-refractivity contribution < 1.29 is 17.6 Å². The fourth-order valence-electron chi connectivity index (χ4n) is 2.79. The van der Waals surface area contributed by atoms with Gasteiger partial charge in [-0.05, 0) is 30.7 Å². The van der Waals surface area contributed by atoms with Crippen LogP contribution < -0.4 is 14.9 Å². The van der Waals surface area contributed by atoms with Gasteiger partial charge in [0.15, 0.2) is 4.80 Å². The lowest BCUT2D eigenvalue weighted by atomic mass is 10.1. The van der Waals surface area contributed by atoms with E-state index in [-0.39, 0.29) is 5.56 Å². The molecule has 0 N–H and O–H groups in total. The average Bonchev–Trinajstić information content (AvgIpc) is 3.20. The predicted molar refractivity (Wildman–Crippen MR) is 91.6 cm³/mol. The molecule has 0 amide bonds. The second kappa shape index (κ2) is 6.28. The van der Waals surface area contributed by atoms with Crippen molar-refractivity contribution in [2.45, 2.75) is 19.1 Å². The Hall–Kier alpha value is -2.61. The monoisotopic (exact) mass is 378 g/mol. The first-order chi connectivity index (χ1) is 12.4. The number of nitrogens with zero attached hydrogens (tertiary/aromatic N) is 2. The number of halogens is 3. The summed E-state index contributed by atoms with van der Waals surface area (Å²) >= 11 is 1.29. The van der Waals surface area contributed by atoms with Crippen LogP contribution in [0.1, 0.15) is 17.7 Å². The van der Waals surface area contributed by atoms with Crippen molar-refractivity contribution in [3.63, 3.8) is 0 Å². The maximum absolute atomic E-state index is 12.9. The maximum Gasteiger partial charge on any atom is 0.416 e. The molecule has 0 fully saturated rings. The summed E-state index contributed by atoms with van der Waals surface area (Å²) in [6.07, 6.45) is -1.97. The highest BCUT2D eigenvalue weighted by atomic mass is 32.1. The molecule has 26 heavy (non-hydrogen) atoms. The molecular weight excluding hydrogens is 365 g/mol. The van der Waals surface area contributed by atoms with Crippen molar-refractivity contribution in [2.24, 2.45) is 4.99 Å². The minimum Gasteiger partial charge on any atom is -0.457 e. The molecule has 1 aliphatic heterocycles. The van der Waals surface area contributed by atoms with E-state index in [0.29, 0.717) is 39.5 Å². The second-order valence-corrected chi connectivity index (χ2v) is 6.87. The molecular formula is C18H13F3N2O2S. The standard InChI is InChI=1S/C18H13F3N2O2S/c19-18(20,21)12-4-1-3-11(9-12)14-6-5-13(25-14)10-15-16(24)23-8-2-7-22-17(23)26-15/h1,3-6,9-10H,2,7-8H2. The molecule has 0 saturated heterocycles. The van der Waals surface area contributed by atoms with Gasteiger partial charge in [-0.1, -0.05) is 23.5 Å². The molecule has 2 aromatic heterocycles. The number of hydrogen-bond acceptors (Lipinski definition) is 4. The van der Waals surface area contributed by atoms with E-state index in [4.69, 9.17) is 4.42 Å². The van der Waals surface area contributed by atoms with E-state index in [0.717, 1.165) is 18.6 Å². The summed E-state index contributed by atoms with van der Waals surface area (Å²) in [5, 5.41) is 0. The van der Waals surface area contributed by atoms with E-state index in [1.54, 1.807) is 28.8 Å². The van der Waals surface area contributed by atoms with Crippen LogP contribution in [0.5, 0.6) is 0 Å². The number of alkyl halides is 3. The molecule has 0 atom stereocenters. The molecule has 1 aromatic carbocycles. The Kier molecular flexibility index (Phi) is 4.07. The molecule has 3 heterocycles. The van der Waals surface area contributed by atoms with Crippen LogP contribution in [0.15, 0.2) is 50.6 Å². The largest absolute Gasteiger partial charge is 0.457 e. The van der Waals surface area contributed by atoms with Gasteiger partial charge in [-0.2, -0.15) is 13.2 Å². The molecule has 0 radical (unpaired) electrons. The highest BCUT2D eigenvalue weighted by Crippen LogP contribution is 2.32. The van der Waals surface area contributed by atoms with Gasteiger partial charge in [0.05, 0.1) is 10.1 Å². The van der Waals surface area contributed by atoms with Crippen LogP contribution in [0, 0.1) is 0 Å². The van der Waals surface area contributed by atoms with Crippen molar-refractivity contribution in [3.8, 4) is 11.3 Å². The Balaban J connectivity index is 1.72. The Morgan fingerprint density at radius 3 is 2.85 bits per heavy atom. The summed E-state index contributed by atoms with van der Waals surface area (Å²) in [5.74, 6) is 0.724. The van der Waals surface area contributed by atoms with Gasteiger partial charge < -0.3 is 4.42 Å². The molecule has 0 saturated carbocycles. The van der Waals surface area contributed by atoms with Crippen LogP contribution in [-0.4, -0.2) is 11.1 Å². The summed E-state index contributed by atoms with van der Waals surface area (Å²) in [6.45, 7) is 1.36. The molecule has 0 spiro atoms. The minimum atomic E-state index is -4.41. The molecule has 3 aromatic rings. The molecule has 0 aliphatic carbocycles. The quantitative estimate of drug-likeness (QED) is 0.688. The van der Waals surface area contributed by atoms with Crippen molar-refractivity contribution in [3.05, 3.63) is 67.4 Å². The van der Waals surface area contributed by atoms with E-state index in [1.807, 2.05) is 0 Å². The van der Waals surface area contributed by atoms with Crippen LogP contribution in [0.4, 0.5) is 13.2 Å². The zero-order valence-electron chi connectivity index (χ0n) is 13.4. The number of furan rings is 1. The molecule has 4 nitrogen and oxygen atoms in total. The number of fused-ring (bicyclic) bond motifs is 1. The fraction of sp³-hybridized carbons (Fsp3) is 0.222. The predicted octanol–water partition coefficient (Wildman–Crippen LogP) is 3.04. The highest BCUT2D eigenvalue weighted by molar-refractivity contribution is 7.07. The van der Waals surface area contributed by atoms with Crippen molar-refractivity contribution in [1.82, 2.24) is 4.57 Å². The Bertz CT molecular complexity index is 1140. The van der Waals surface area contributed by atoms with Gasteiger partial charge in [0, 0.05) is 24.7 Å². The van der Waals surface area contributed by atoms with E-state index in [2.05, 4.69) is 4.99 Å². The van der Waals surface area contributed by atoms with E-state index in [1.165, 1.54) is 17.4 Å². The van der Waals surface area contributed by atoms with Crippen LogP contribution in [0.25, 0.3) is 17.4 Å². The molecule has 1 aliphatic rings. The van der Waals surface area contributed by atoms with Crippen molar-refractivity contribution >= 4 is 17.4 Å². The maximum atomic E-state index is 12.9. The van der Waals surface area contributed by atoms with Crippen LogP contribution in [-0.2, 0) is 12.7 Å². The van der Waals surface area contributed by atoms with Gasteiger partial charge in [0.25, 0.3) is 5.56 Å². The SMILES string of the molecule is O=c1c(=Cc2ccc(-c3cccc(C(F)(F)F)c3)o2)sc2n1CCCN=2. The van der Waals surface area contributed by atoms with Crippen LogP contribution in [0.2, 0.25) is 0 Å². The smallest absolute Gasteiger partial charge is 0.416 e. The molecule has 134 valence electrons. The van der Waals surface area contributed by atoms with Crippen LogP contribution >= 0.6 is 11.3 Å². The summed E-state index contributed by atoms with van der Waals surface area (Å²) in [4.78, 5) is 17.4. The fourth-order valence-corrected chi connectivity index (χ4v) is 3.80. The minimum absolute atomic E-state index is 0.120. The second-order valence-electron chi connectivity index (χ2n) is 5.87. The number of benzene rings is 1. The molecule has 8 heteroatoms. The van der Waals surface area contributed by atoms with Crippen LogP contribution in [0.3, 0.4) is 0 Å². The molecule has 0 unspecified atom stereocenters. The third kappa shape index (κ3) is 3.12. The highest BCUT2D eigenvalue weighted by Gasteiger charge is 2.30. The first kappa shape index (κ1) is 16.8. The first-order valence-corrected chi connectivity index (χ1v) is 8.77. The number of rotatable bonds is 2. The lowest BCUT2D eigenvalue weighted by Gasteiger charge is -2.07. The lowest BCUT2D eigenvalue weighted by Crippen LogP contribution is -2.33. The first-order valence-electron chi connectivity index (χ1n) is 7.95. The van der Waals surface area contributed by atoms with Gasteiger partial charge >= 0.3 is 6.18 Å². The van der Waals surface area contributed by atoms with Gasteiger partial charge in [-0.3, -0.25) is 14.4 Å². The average molecular weight is 378 g/mol. The van der Waals surface area contributed by atoms with Crippen molar-refractivity contribution in [2.75, 3.05) is 6.54 Å². The zero-order valence-corrected chi connectivity index (χ0v) is 14.2. The van der Waals surface area contributed by atoms with E-state index >= 15 is 0 Å². The number of hydrogen-bond donors (Lipinski definition) is 0. The lowest BCUT2D eigenvalue weighted by molar-refractivity contribution is -0.137. The van der Waals surface area contributed by atoms with E-state index < -0.39 is 11.7 Å². The third-order valence-electron chi connectivity index (χ3n) is 4.05. The number of aromatic nitrogens is 1. The van der Waals surface area contributed by atoms with Gasteiger partial charge in [0.1, 0.15) is 11.5 Å². The van der Waals surface area contributed by atoms with Gasteiger partial charge in [-0.25, -0.2) is 0 Å². The zero-order chi connectivity index (χ0) is 18.3. The summed E-state index contributed by atoms with van der Waals surface area (Å²) in [7, 11) is 0. The Labute approximate surface area is 149 Å². The van der Waals surface area contributed by atoms with Crippen molar-refractivity contribution in [1.29, 1.82) is 0 Å². The number of thiazole rings is 1. The topological polar surface area (TPSA) is 47.5 Å². The normalized spacial score (nSPS) is 15.0. The van der Waals surface area contributed by atoms with Gasteiger partial charge in [-0.15, -0.1) is 0 Å². The van der Waals surface area contributed by atoms with E-state index in [9.17, 15) is 18.0 Å². The molecule has 0 bridgehead atoms. The Morgan fingerprint density at radius 2 is 2.08 bits per heavy atom. The summed E-state index contributed by atoms with van der Waals surface area (Å²) in [5.41, 5.74) is -0.523. The molecule has 4 rings (SSSR count). The van der Waals surface area contributed by atoms with Gasteiger partial charge in [0.2, 0.25) is 0 Å². The Morgan fingerprint density at radius 1 is 1.23 bits per heavy atom.